The third-order valence-electron chi connectivity index (χ3n) is 4.52. The van der Waals surface area contributed by atoms with Gasteiger partial charge in [-0.25, -0.2) is 0 Å². The van der Waals surface area contributed by atoms with Crippen LogP contribution in [0.25, 0.3) is 0 Å². The number of hydrogen-bond acceptors (Lipinski definition) is 1. The molecular formula is C16H25N2PS. The Morgan fingerprint density at radius 2 is 1.15 bits per heavy atom. The Morgan fingerprint density at radius 3 is 1.60 bits per heavy atom. The average Bonchev–Trinajstić information content (AvgIpc) is 2.56. The minimum atomic E-state index is -1.72. The Labute approximate surface area is 128 Å². The van der Waals surface area contributed by atoms with Crippen LogP contribution in [0.4, 0.5) is 0 Å². The summed E-state index contributed by atoms with van der Waals surface area (Å²) in [6.07, 6.45) is 6.30. The van der Waals surface area contributed by atoms with Crippen molar-refractivity contribution in [3.8, 4) is 0 Å². The molecule has 20 heavy (non-hydrogen) atoms. The molecule has 0 saturated carbocycles. The fourth-order valence-corrected chi connectivity index (χ4v) is 7.99. The van der Waals surface area contributed by atoms with Crippen molar-refractivity contribution in [3.05, 3.63) is 30.3 Å². The lowest BCUT2D eigenvalue weighted by Gasteiger charge is -2.46. The molecular weight excluding hydrogens is 283 g/mol. The predicted molar refractivity (Wildman–Crippen MR) is 91.2 cm³/mol. The molecule has 0 atom stereocenters. The van der Waals surface area contributed by atoms with E-state index in [-0.39, 0.29) is 0 Å². The van der Waals surface area contributed by atoms with E-state index in [0.717, 1.165) is 0 Å². The molecule has 0 N–H and O–H groups in total. The maximum atomic E-state index is 6.37. The molecule has 1 aromatic carbocycles. The van der Waals surface area contributed by atoms with E-state index in [1.165, 1.54) is 70.0 Å². The van der Waals surface area contributed by atoms with Crippen molar-refractivity contribution < 1.29 is 0 Å². The predicted octanol–water partition coefficient (Wildman–Crippen LogP) is 3.59. The van der Waals surface area contributed by atoms with E-state index in [0.29, 0.717) is 0 Å². The highest BCUT2D eigenvalue weighted by Gasteiger charge is 2.35. The number of benzene rings is 1. The summed E-state index contributed by atoms with van der Waals surface area (Å²) in [7, 11) is 0. The zero-order chi connectivity index (χ0) is 13.8. The van der Waals surface area contributed by atoms with E-state index in [1.54, 1.807) is 0 Å². The molecule has 4 heteroatoms. The maximum Gasteiger partial charge on any atom is 0.107 e. The van der Waals surface area contributed by atoms with Crippen molar-refractivity contribution in [1.29, 1.82) is 0 Å². The molecule has 0 radical (unpaired) electrons. The van der Waals surface area contributed by atoms with Gasteiger partial charge in [0.15, 0.2) is 0 Å². The Balaban J connectivity index is 1.95. The van der Waals surface area contributed by atoms with Gasteiger partial charge in [0.05, 0.1) is 0 Å². The maximum absolute atomic E-state index is 6.37. The highest BCUT2D eigenvalue weighted by molar-refractivity contribution is 8.15. The van der Waals surface area contributed by atoms with Gasteiger partial charge in [0.1, 0.15) is 6.34 Å². The summed E-state index contributed by atoms with van der Waals surface area (Å²) in [6, 6.07) is 11.0. The first-order chi connectivity index (χ1) is 9.82. The average molecular weight is 308 g/mol. The highest BCUT2D eigenvalue weighted by Crippen LogP contribution is 2.54. The lowest BCUT2D eigenvalue weighted by molar-refractivity contribution is 0.313. The number of hydrogen-bond donors (Lipinski definition) is 0. The van der Waals surface area contributed by atoms with Crippen molar-refractivity contribution in [1.82, 2.24) is 9.34 Å². The van der Waals surface area contributed by atoms with E-state index in [1.807, 2.05) is 0 Å². The molecule has 0 bridgehead atoms. The zero-order valence-electron chi connectivity index (χ0n) is 12.2. The van der Waals surface area contributed by atoms with Gasteiger partial charge in [0, 0.05) is 31.5 Å². The summed E-state index contributed by atoms with van der Waals surface area (Å²) >= 11 is 6.37. The van der Waals surface area contributed by atoms with E-state index in [4.69, 9.17) is 11.8 Å². The third-order valence-corrected chi connectivity index (χ3v) is 9.85. The number of piperidine rings is 2. The minimum Gasteiger partial charge on any atom is -0.260 e. The van der Waals surface area contributed by atoms with Crippen LogP contribution in [-0.2, 0) is 11.8 Å². The van der Waals surface area contributed by atoms with Crippen LogP contribution in [0, 0.1) is 0 Å². The first kappa shape index (κ1) is 14.7. The molecule has 2 saturated heterocycles. The van der Waals surface area contributed by atoms with Crippen LogP contribution in [0.3, 0.4) is 0 Å². The van der Waals surface area contributed by atoms with Crippen LogP contribution in [0.1, 0.15) is 38.5 Å². The monoisotopic (exact) mass is 308 g/mol. The Hall–Kier alpha value is -0.210. The van der Waals surface area contributed by atoms with Gasteiger partial charge in [-0.15, -0.1) is 0 Å². The normalized spacial score (nSPS) is 22.8. The van der Waals surface area contributed by atoms with Crippen molar-refractivity contribution in [2.75, 3.05) is 26.2 Å². The van der Waals surface area contributed by atoms with Crippen LogP contribution < -0.4 is 5.30 Å². The van der Waals surface area contributed by atoms with Crippen LogP contribution >= 0.6 is 6.34 Å². The van der Waals surface area contributed by atoms with E-state index in [2.05, 4.69) is 39.7 Å². The van der Waals surface area contributed by atoms with Crippen LogP contribution in [0.5, 0.6) is 0 Å². The molecule has 1 aromatic rings. The highest BCUT2D eigenvalue weighted by atomic mass is 32.4. The molecule has 2 nitrogen and oxygen atoms in total. The summed E-state index contributed by atoms with van der Waals surface area (Å²) in [4.78, 5) is 0. The topological polar surface area (TPSA) is 6.48 Å². The quantitative estimate of drug-likeness (QED) is 0.788. The third kappa shape index (κ3) is 2.87. The summed E-state index contributed by atoms with van der Waals surface area (Å²) in [5.41, 5.74) is 0. The molecule has 0 spiro atoms. The molecule has 3 rings (SSSR count). The van der Waals surface area contributed by atoms with Gasteiger partial charge in [0.25, 0.3) is 0 Å². The Bertz CT molecular complexity index is 443. The molecule has 0 amide bonds. The zero-order valence-corrected chi connectivity index (χ0v) is 13.9. The SMILES string of the molecule is S=P(c1ccccc1)(N1CCCCC1)N1CCCCC1. The molecule has 110 valence electrons. The molecule has 0 aromatic heterocycles. The van der Waals surface area contributed by atoms with Gasteiger partial charge in [-0.3, -0.25) is 9.34 Å². The Morgan fingerprint density at radius 1 is 0.700 bits per heavy atom. The van der Waals surface area contributed by atoms with Gasteiger partial charge in [0.2, 0.25) is 0 Å². The van der Waals surface area contributed by atoms with Crippen molar-refractivity contribution >= 4 is 23.5 Å². The Kier molecular flexibility index (Phi) is 4.93. The summed E-state index contributed by atoms with van der Waals surface area (Å²) in [5, 5.41) is 1.40. The van der Waals surface area contributed by atoms with Gasteiger partial charge < -0.3 is 0 Å². The number of nitrogens with zero attached hydrogens (tertiary/aromatic N) is 2. The van der Waals surface area contributed by atoms with Crippen LogP contribution in [-0.4, -0.2) is 35.5 Å². The van der Waals surface area contributed by atoms with Gasteiger partial charge in [-0.2, -0.15) is 0 Å². The second-order valence-electron chi connectivity index (χ2n) is 5.91. The molecule has 2 fully saturated rings. The summed E-state index contributed by atoms with van der Waals surface area (Å²) in [6.45, 7) is 4.79. The summed E-state index contributed by atoms with van der Waals surface area (Å²) in [5.74, 6) is 0. The van der Waals surface area contributed by atoms with E-state index < -0.39 is 6.34 Å². The van der Waals surface area contributed by atoms with Crippen molar-refractivity contribution in [2.24, 2.45) is 0 Å². The van der Waals surface area contributed by atoms with Gasteiger partial charge >= 0.3 is 0 Å². The fraction of sp³-hybridized carbons (Fsp3) is 0.625. The fourth-order valence-electron chi connectivity index (χ4n) is 3.42. The first-order valence-corrected chi connectivity index (χ1v) is 10.7. The molecule has 2 aliphatic heterocycles. The second kappa shape index (κ2) is 6.70. The first-order valence-electron chi connectivity index (χ1n) is 7.98. The van der Waals surface area contributed by atoms with Crippen molar-refractivity contribution in [3.63, 3.8) is 0 Å². The lowest BCUT2D eigenvalue weighted by atomic mass is 10.2. The van der Waals surface area contributed by atoms with Gasteiger partial charge in [-0.05, 0) is 25.7 Å². The van der Waals surface area contributed by atoms with Crippen LogP contribution in [0.15, 0.2) is 30.3 Å². The smallest absolute Gasteiger partial charge is 0.107 e. The van der Waals surface area contributed by atoms with Crippen LogP contribution in [0.2, 0.25) is 0 Å². The lowest BCUT2D eigenvalue weighted by Crippen LogP contribution is -2.41. The molecule has 2 heterocycles. The van der Waals surface area contributed by atoms with E-state index in [9.17, 15) is 0 Å². The van der Waals surface area contributed by atoms with Gasteiger partial charge in [-0.1, -0.05) is 55.0 Å². The summed E-state index contributed by atoms with van der Waals surface area (Å²) < 4.78 is 5.32. The standard InChI is InChI=1S/C16H25N2PS/c20-19(16-10-4-1-5-11-16,17-12-6-2-7-13-17)18-14-8-3-9-15-18/h1,4-5,10-11H,2-3,6-9,12-15H2. The molecule has 2 aliphatic rings. The van der Waals surface area contributed by atoms with E-state index >= 15 is 0 Å². The van der Waals surface area contributed by atoms with Crippen molar-refractivity contribution in [2.45, 2.75) is 38.5 Å². The number of rotatable bonds is 3. The molecule has 0 aliphatic carbocycles. The minimum absolute atomic E-state index is 1.20. The molecule has 0 unspecified atom stereocenters. The second-order valence-corrected chi connectivity index (χ2v) is 10.2. The largest absolute Gasteiger partial charge is 0.260 e.